The van der Waals surface area contributed by atoms with Gasteiger partial charge in [0.25, 0.3) is 0 Å². The second kappa shape index (κ2) is 7.36. The van der Waals surface area contributed by atoms with E-state index in [0.29, 0.717) is 6.10 Å². The number of benzene rings is 1. The van der Waals surface area contributed by atoms with Crippen LogP contribution in [0.5, 0.6) is 0 Å². The van der Waals surface area contributed by atoms with E-state index in [1.54, 1.807) is 0 Å². The average Bonchev–Trinajstić information content (AvgIpc) is 3.05. The van der Waals surface area contributed by atoms with Gasteiger partial charge in [-0.3, -0.25) is 11.3 Å². The second-order valence-electron chi connectivity index (χ2n) is 6.08. The first-order chi connectivity index (χ1) is 10.4. The lowest BCUT2D eigenvalue weighted by Crippen LogP contribution is -2.42. The highest BCUT2D eigenvalue weighted by atomic mass is 16.5. The van der Waals surface area contributed by atoms with Crippen LogP contribution < -0.4 is 11.3 Å². The van der Waals surface area contributed by atoms with Crippen LogP contribution in [0.2, 0.25) is 0 Å². The quantitative estimate of drug-likeness (QED) is 0.624. The molecular weight excluding hydrogens is 264 g/mol. The lowest BCUT2D eigenvalue weighted by atomic mass is 9.91. The van der Waals surface area contributed by atoms with Crippen molar-refractivity contribution in [1.29, 1.82) is 0 Å². The zero-order chi connectivity index (χ0) is 14.5. The minimum Gasteiger partial charge on any atom is -0.378 e. The molecule has 0 aliphatic carbocycles. The van der Waals surface area contributed by atoms with Gasteiger partial charge in [-0.25, -0.2) is 0 Å². The zero-order valence-electron chi connectivity index (χ0n) is 12.6. The lowest BCUT2D eigenvalue weighted by molar-refractivity contribution is 0.0114. The fourth-order valence-corrected chi connectivity index (χ4v) is 3.52. The van der Waals surface area contributed by atoms with Gasteiger partial charge in [0.1, 0.15) is 0 Å². The van der Waals surface area contributed by atoms with Crippen molar-refractivity contribution in [3.63, 3.8) is 0 Å². The van der Waals surface area contributed by atoms with Gasteiger partial charge in [-0.05, 0) is 49.7 Å². The molecule has 2 aliphatic rings. The fourth-order valence-electron chi connectivity index (χ4n) is 3.52. The Morgan fingerprint density at radius 3 is 2.95 bits per heavy atom. The molecule has 0 radical (unpaired) electrons. The molecule has 1 saturated heterocycles. The smallest absolute Gasteiger partial charge is 0.0994 e. The van der Waals surface area contributed by atoms with Crippen molar-refractivity contribution in [1.82, 2.24) is 5.43 Å². The SMILES string of the molecule is NNC(CCCC1CCCO1)C1OCCc2ccccc21. The first kappa shape index (κ1) is 15.0. The van der Waals surface area contributed by atoms with Crippen LogP contribution >= 0.6 is 0 Å². The zero-order valence-corrected chi connectivity index (χ0v) is 12.6. The molecule has 21 heavy (non-hydrogen) atoms. The molecule has 3 atom stereocenters. The molecule has 116 valence electrons. The molecule has 0 spiro atoms. The van der Waals surface area contributed by atoms with E-state index in [-0.39, 0.29) is 12.1 Å². The third-order valence-corrected chi connectivity index (χ3v) is 4.68. The molecule has 1 aromatic carbocycles. The van der Waals surface area contributed by atoms with Gasteiger partial charge >= 0.3 is 0 Å². The summed E-state index contributed by atoms with van der Waals surface area (Å²) in [4.78, 5) is 0. The molecule has 2 heterocycles. The highest BCUT2D eigenvalue weighted by Crippen LogP contribution is 2.31. The largest absolute Gasteiger partial charge is 0.378 e. The number of fused-ring (bicyclic) bond motifs is 1. The third kappa shape index (κ3) is 3.64. The van der Waals surface area contributed by atoms with E-state index in [4.69, 9.17) is 15.3 Å². The molecule has 0 aromatic heterocycles. The van der Waals surface area contributed by atoms with Gasteiger partial charge in [0.15, 0.2) is 0 Å². The fraction of sp³-hybridized carbons (Fsp3) is 0.647. The van der Waals surface area contributed by atoms with Crippen molar-refractivity contribution in [2.45, 2.75) is 56.8 Å². The van der Waals surface area contributed by atoms with Crippen LogP contribution in [0.25, 0.3) is 0 Å². The minimum atomic E-state index is 0.0736. The standard InChI is InChI=1S/C17H26N2O2/c18-19-16(9-3-6-14-7-4-11-20-14)17-15-8-2-1-5-13(15)10-12-21-17/h1-2,5,8,14,16-17,19H,3-4,6-7,9-12,18H2. The Hall–Kier alpha value is -0.940. The monoisotopic (exact) mass is 290 g/mol. The topological polar surface area (TPSA) is 56.5 Å². The molecule has 0 saturated carbocycles. The number of hydrazine groups is 1. The molecular formula is C17H26N2O2. The Labute approximate surface area is 127 Å². The van der Waals surface area contributed by atoms with E-state index in [2.05, 4.69) is 29.7 Å². The molecule has 4 nitrogen and oxygen atoms in total. The Kier molecular flexibility index (Phi) is 5.25. The van der Waals surface area contributed by atoms with E-state index in [0.717, 1.165) is 38.9 Å². The van der Waals surface area contributed by atoms with Crippen LogP contribution in [0.15, 0.2) is 24.3 Å². The minimum absolute atomic E-state index is 0.0736. The summed E-state index contributed by atoms with van der Waals surface area (Å²) in [5.41, 5.74) is 5.66. The van der Waals surface area contributed by atoms with Crippen LogP contribution in [0.4, 0.5) is 0 Å². The van der Waals surface area contributed by atoms with Gasteiger partial charge in [0.2, 0.25) is 0 Å². The van der Waals surface area contributed by atoms with Crippen LogP contribution in [0.3, 0.4) is 0 Å². The Morgan fingerprint density at radius 1 is 1.24 bits per heavy atom. The molecule has 3 N–H and O–H groups in total. The number of hydrogen-bond acceptors (Lipinski definition) is 4. The number of rotatable bonds is 6. The van der Waals surface area contributed by atoms with Crippen molar-refractivity contribution in [3.8, 4) is 0 Å². The van der Waals surface area contributed by atoms with Crippen LogP contribution in [0, 0.1) is 0 Å². The molecule has 0 bridgehead atoms. The summed E-state index contributed by atoms with van der Waals surface area (Å²) in [6.45, 7) is 1.72. The van der Waals surface area contributed by atoms with Crippen molar-refractivity contribution in [2.24, 2.45) is 5.84 Å². The van der Waals surface area contributed by atoms with E-state index in [1.807, 2.05) is 0 Å². The molecule has 2 aliphatic heterocycles. The van der Waals surface area contributed by atoms with Gasteiger partial charge in [-0.2, -0.15) is 0 Å². The molecule has 1 aromatic rings. The molecule has 3 unspecified atom stereocenters. The summed E-state index contributed by atoms with van der Waals surface area (Å²) in [5.74, 6) is 5.79. The third-order valence-electron chi connectivity index (χ3n) is 4.68. The van der Waals surface area contributed by atoms with Crippen molar-refractivity contribution >= 4 is 0 Å². The Bertz CT molecular complexity index is 446. The van der Waals surface area contributed by atoms with E-state index in [1.165, 1.54) is 24.0 Å². The highest BCUT2D eigenvalue weighted by molar-refractivity contribution is 5.31. The molecule has 0 amide bonds. The van der Waals surface area contributed by atoms with E-state index < -0.39 is 0 Å². The average molecular weight is 290 g/mol. The van der Waals surface area contributed by atoms with Gasteiger partial charge < -0.3 is 9.47 Å². The van der Waals surface area contributed by atoms with Gasteiger partial charge in [-0.1, -0.05) is 24.3 Å². The summed E-state index contributed by atoms with van der Waals surface area (Å²) >= 11 is 0. The lowest BCUT2D eigenvalue weighted by Gasteiger charge is -2.32. The summed E-state index contributed by atoms with van der Waals surface area (Å²) < 4.78 is 11.7. The van der Waals surface area contributed by atoms with Crippen LogP contribution in [0.1, 0.15) is 49.3 Å². The van der Waals surface area contributed by atoms with Crippen molar-refractivity contribution < 1.29 is 9.47 Å². The number of nitrogens with two attached hydrogens (primary N) is 1. The predicted octanol–water partition coefficient (Wildman–Crippen LogP) is 2.48. The van der Waals surface area contributed by atoms with Crippen LogP contribution in [-0.4, -0.2) is 25.4 Å². The number of ether oxygens (including phenoxy) is 2. The Morgan fingerprint density at radius 2 is 2.14 bits per heavy atom. The summed E-state index contributed by atoms with van der Waals surface area (Å²) in [6.07, 6.45) is 7.24. The molecule has 3 rings (SSSR count). The van der Waals surface area contributed by atoms with E-state index >= 15 is 0 Å². The summed E-state index contributed by atoms with van der Waals surface area (Å²) in [5, 5.41) is 0. The van der Waals surface area contributed by atoms with Crippen molar-refractivity contribution in [3.05, 3.63) is 35.4 Å². The maximum absolute atomic E-state index is 6.01. The summed E-state index contributed by atoms with van der Waals surface area (Å²) in [6, 6.07) is 8.73. The molecule has 4 heteroatoms. The maximum atomic E-state index is 6.01. The number of hydrogen-bond donors (Lipinski definition) is 2. The maximum Gasteiger partial charge on any atom is 0.0994 e. The highest BCUT2D eigenvalue weighted by Gasteiger charge is 2.28. The first-order valence-corrected chi connectivity index (χ1v) is 8.15. The Balaban J connectivity index is 1.58. The van der Waals surface area contributed by atoms with Crippen LogP contribution in [-0.2, 0) is 15.9 Å². The second-order valence-corrected chi connectivity index (χ2v) is 6.08. The predicted molar refractivity (Wildman–Crippen MR) is 82.8 cm³/mol. The molecule has 1 fully saturated rings. The summed E-state index contributed by atoms with van der Waals surface area (Å²) in [7, 11) is 0. The van der Waals surface area contributed by atoms with E-state index in [9.17, 15) is 0 Å². The van der Waals surface area contributed by atoms with Gasteiger partial charge in [0.05, 0.1) is 24.9 Å². The van der Waals surface area contributed by atoms with Crippen molar-refractivity contribution in [2.75, 3.05) is 13.2 Å². The van der Waals surface area contributed by atoms with Gasteiger partial charge in [-0.15, -0.1) is 0 Å². The first-order valence-electron chi connectivity index (χ1n) is 8.15. The number of nitrogens with one attached hydrogen (secondary N) is 1. The van der Waals surface area contributed by atoms with Gasteiger partial charge in [0, 0.05) is 6.61 Å². The normalized spacial score (nSPS) is 26.5.